The Labute approximate surface area is 115 Å². The van der Waals surface area contributed by atoms with E-state index in [2.05, 4.69) is 25.4 Å². The topological polar surface area (TPSA) is 98.8 Å². The van der Waals surface area contributed by atoms with E-state index in [9.17, 15) is 0 Å². The number of rotatable bonds is 6. The summed E-state index contributed by atoms with van der Waals surface area (Å²) in [5, 5.41) is 1.27. The summed E-state index contributed by atoms with van der Waals surface area (Å²) in [7, 11) is 0. The van der Waals surface area contributed by atoms with Gasteiger partial charge in [-0.2, -0.15) is 15.0 Å². The second kappa shape index (κ2) is 6.86. The average Bonchev–Trinajstić information content (AvgIpc) is 2.46. The summed E-state index contributed by atoms with van der Waals surface area (Å²) < 4.78 is 5.38. The highest BCUT2D eigenvalue weighted by molar-refractivity contribution is 7.99. The van der Waals surface area contributed by atoms with Crippen molar-refractivity contribution >= 4 is 17.7 Å². The van der Waals surface area contributed by atoms with Crippen molar-refractivity contribution in [2.75, 3.05) is 12.0 Å². The number of aromatic nitrogens is 4. The van der Waals surface area contributed by atoms with Crippen molar-refractivity contribution in [3.63, 3.8) is 0 Å². The highest BCUT2D eigenvalue weighted by atomic mass is 32.2. The summed E-state index contributed by atoms with van der Waals surface area (Å²) in [6, 6.07) is 5.87. The lowest BCUT2D eigenvalue weighted by atomic mass is 10.5. The van der Waals surface area contributed by atoms with E-state index >= 15 is 0 Å². The highest BCUT2D eigenvalue weighted by Crippen LogP contribution is 2.24. The van der Waals surface area contributed by atoms with Crippen molar-refractivity contribution in [1.82, 2.24) is 19.9 Å². The lowest BCUT2D eigenvalue weighted by Crippen LogP contribution is -2.13. The number of nitrogens with one attached hydrogen (secondary N) is 1. The van der Waals surface area contributed by atoms with Crippen molar-refractivity contribution in [3.05, 3.63) is 24.4 Å². The molecule has 0 aliphatic rings. The van der Waals surface area contributed by atoms with Crippen LogP contribution >= 0.6 is 11.8 Å². The summed E-state index contributed by atoms with van der Waals surface area (Å²) in [6.07, 6.45) is 2.58. The van der Waals surface area contributed by atoms with E-state index in [0.29, 0.717) is 11.8 Å². The smallest absolute Gasteiger partial charge is 0.322 e. The van der Waals surface area contributed by atoms with Gasteiger partial charge in [-0.25, -0.2) is 10.8 Å². The minimum Gasteiger partial charge on any atom is -0.463 e. The molecule has 0 bridgehead atoms. The number of ether oxygens (including phenoxy) is 1. The van der Waals surface area contributed by atoms with Crippen LogP contribution in [-0.4, -0.2) is 26.5 Å². The molecule has 2 aromatic heterocycles. The molecule has 0 atom stereocenters. The molecule has 0 saturated heterocycles. The predicted molar refractivity (Wildman–Crippen MR) is 71.8 cm³/mol. The number of hydrazine groups is 1. The fourth-order valence-corrected chi connectivity index (χ4v) is 1.91. The van der Waals surface area contributed by atoms with Crippen LogP contribution in [0.25, 0.3) is 0 Å². The Morgan fingerprint density at radius 2 is 2.21 bits per heavy atom. The number of anilines is 1. The molecular weight excluding hydrogens is 264 g/mol. The van der Waals surface area contributed by atoms with Crippen molar-refractivity contribution in [1.29, 1.82) is 0 Å². The fourth-order valence-electron chi connectivity index (χ4n) is 1.21. The van der Waals surface area contributed by atoms with Gasteiger partial charge in [0.15, 0.2) is 0 Å². The molecule has 0 aliphatic heterocycles. The summed E-state index contributed by atoms with van der Waals surface area (Å²) >= 11 is 1.32. The first-order valence-electron chi connectivity index (χ1n) is 5.76. The van der Waals surface area contributed by atoms with Gasteiger partial charge in [-0.3, -0.25) is 5.43 Å². The van der Waals surface area contributed by atoms with E-state index in [1.54, 1.807) is 6.20 Å². The lowest BCUT2D eigenvalue weighted by molar-refractivity contribution is 0.288. The molecular formula is C11H14N6OS. The van der Waals surface area contributed by atoms with Crippen LogP contribution in [0.2, 0.25) is 0 Å². The van der Waals surface area contributed by atoms with E-state index < -0.39 is 0 Å². The molecule has 0 aromatic carbocycles. The standard InChI is InChI=1S/C11H14N6OS/c1-2-7-18-10-14-9(17-12)15-11(16-10)19-8-5-3-4-6-13-8/h3-6H,2,7,12H2,1H3,(H,14,15,16,17). The monoisotopic (exact) mass is 278 g/mol. The molecule has 0 unspecified atom stereocenters. The third-order valence-electron chi connectivity index (χ3n) is 1.99. The van der Waals surface area contributed by atoms with Crippen molar-refractivity contribution in [2.45, 2.75) is 23.5 Å². The Morgan fingerprint density at radius 1 is 1.32 bits per heavy atom. The first-order chi connectivity index (χ1) is 9.31. The third-order valence-corrected chi connectivity index (χ3v) is 2.81. The molecule has 0 spiro atoms. The quantitative estimate of drug-likeness (QED) is 0.605. The normalized spacial score (nSPS) is 10.2. The van der Waals surface area contributed by atoms with E-state index in [1.807, 2.05) is 25.1 Å². The summed E-state index contributed by atoms with van der Waals surface area (Å²) in [4.78, 5) is 16.5. The van der Waals surface area contributed by atoms with Gasteiger partial charge in [-0.15, -0.1) is 0 Å². The van der Waals surface area contributed by atoms with Crippen LogP contribution in [0.4, 0.5) is 5.95 Å². The number of pyridine rings is 1. The molecule has 2 heterocycles. The zero-order chi connectivity index (χ0) is 13.5. The van der Waals surface area contributed by atoms with Crippen LogP contribution in [0.5, 0.6) is 6.01 Å². The van der Waals surface area contributed by atoms with Gasteiger partial charge < -0.3 is 4.74 Å². The molecule has 7 nitrogen and oxygen atoms in total. The van der Waals surface area contributed by atoms with Gasteiger partial charge in [0, 0.05) is 6.20 Å². The first-order valence-corrected chi connectivity index (χ1v) is 6.58. The van der Waals surface area contributed by atoms with Crippen LogP contribution in [0.15, 0.2) is 34.6 Å². The van der Waals surface area contributed by atoms with Gasteiger partial charge in [-0.05, 0) is 30.3 Å². The van der Waals surface area contributed by atoms with Crippen molar-refractivity contribution in [2.24, 2.45) is 5.84 Å². The van der Waals surface area contributed by atoms with Crippen LogP contribution in [0.3, 0.4) is 0 Å². The Kier molecular flexibility index (Phi) is 4.87. The lowest BCUT2D eigenvalue weighted by Gasteiger charge is -2.06. The highest BCUT2D eigenvalue weighted by Gasteiger charge is 2.08. The molecule has 0 amide bonds. The molecule has 19 heavy (non-hydrogen) atoms. The molecule has 2 aromatic rings. The van der Waals surface area contributed by atoms with Gasteiger partial charge >= 0.3 is 6.01 Å². The van der Waals surface area contributed by atoms with Gasteiger partial charge in [0.1, 0.15) is 5.03 Å². The fraction of sp³-hybridized carbons (Fsp3) is 0.273. The van der Waals surface area contributed by atoms with Gasteiger partial charge in [-0.1, -0.05) is 13.0 Å². The predicted octanol–water partition coefficient (Wildman–Crippen LogP) is 1.49. The number of nitrogens with zero attached hydrogens (tertiary/aromatic N) is 4. The first kappa shape index (κ1) is 13.5. The Morgan fingerprint density at radius 3 is 2.89 bits per heavy atom. The maximum Gasteiger partial charge on any atom is 0.322 e. The number of nitrogens with two attached hydrogens (primary N) is 1. The number of hydrogen-bond acceptors (Lipinski definition) is 8. The minimum absolute atomic E-state index is 0.253. The van der Waals surface area contributed by atoms with Crippen LogP contribution < -0.4 is 16.0 Å². The second-order valence-electron chi connectivity index (χ2n) is 3.49. The molecule has 3 N–H and O–H groups in total. The van der Waals surface area contributed by atoms with E-state index in [1.165, 1.54) is 11.8 Å². The van der Waals surface area contributed by atoms with Crippen molar-refractivity contribution in [3.8, 4) is 6.01 Å². The summed E-state index contributed by atoms with van der Waals surface area (Å²) in [5.41, 5.74) is 2.39. The Balaban J connectivity index is 2.19. The maximum atomic E-state index is 5.38. The van der Waals surface area contributed by atoms with Crippen LogP contribution in [-0.2, 0) is 0 Å². The largest absolute Gasteiger partial charge is 0.463 e. The molecule has 2 rings (SSSR count). The second-order valence-corrected chi connectivity index (χ2v) is 4.47. The molecule has 100 valence electrons. The van der Waals surface area contributed by atoms with E-state index in [4.69, 9.17) is 10.6 Å². The molecule has 0 radical (unpaired) electrons. The maximum absolute atomic E-state index is 5.38. The van der Waals surface area contributed by atoms with Crippen LogP contribution in [0.1, 0.15) is 13.3 Å². The third kappa shape index (κ3) is 4.04. The molecule has 8 heteroatoms. The van der Waals surface area contributed by atoms with E-state index in [-0.39, 0.29) is 12.0 Å². The molecule has 0 aliphatic carbocycles. The average molecular weight is 278 g/mol. The molecule has 0 saturated carbocycles. The van der Waals surface area contributed by atoms with Gasteiger partial charge in [0.25, 0.3) is 0 Å². The minimum atomic E-state index is 0.253. The van der Waals surface area contributed by atoms with Crippen molar-refractivity contribution < 1.29 is 4.74 Å². The Hall–Kier alpha value is -1.93. The number of hydrogen-bond donors (Lipinski definition) is 2. The SMILES string of the molecule is CCCOc1nc(NN)nc(Sc2ccccn2)n1. The summed E-state index contributed by atoms with van der Waals surface area (Å²) in [5.74, 6) is 5.59. The van der Waals surface area contributed by atoms with Gasteiger partial charge in [0.05, 0.1) is 6.61 Å². The zero-order valence-corrected chi connectivity index (χ0v) is 11.2. The zero-order valence-electron chi connectivity index (χ0n) is 10.4. The van der Waals surface area contributed by atoms with Crippen LogP contribution in [0, 0.1) is 0 Å². The van der Waals surface area contributed by atoms with E-state index in [0.717, 1.165) is 11.4 Å². The van der Waals surface area contributed by atoms with Gasteiger partial charge in [0.2, 0.25) is 11.1 Å². The Bertz CT molecular complexity index is 524. The molecule has 0 fully saturated rings. The number of nitrogen functional groups attached to an aromatic ring is 1. The summed E-state index contributed by atoms with van der Waals surface area (Å²) in [6.45, 7) is 2.55.